The summed E-state index contributed by atoms with van der Waals surface area (Å²) >= 11 is 0.874. The fourth-order valence-electron chi connectivity index (χ4n) is 2.85. The predicted octanol–water partition coefficient (Wildman–Crippen LogP) is 3.65. The number of rotatable bonds is 6. The lowest BCUT2D eigenvalue weighted by atomic mass is 10.0. The summed E-state index contributed by atoms with van der Waals surface area (Å²) in [5.41, 5.74) is 1.62. The number of carbonyl (C=O) groups excluding carboxylic acids is 2. The van der Waals surface area contributed by atoms with E-state index in [2.05, 4.69) is 11.9 Å². The van der Waals surface area contributed by atoms with Crippen LogP contribution in [-0.2, 0) is 16.0 Å². The van der Waals surface area contributed by atoms with E-state index in [1.54, 1.807) is 25.3 Å². The number of allylic oxidation sites excluding steroid dienone is 1. The monoisotopic (exact) mass is 375 g/mol. The average molecular weight is 375 g/mol. The lowest BCUT2D eigenvalue weighted by Gasteiger charge is -2.25. The van der Waals surface area contributed by atoms with Crippen LogP contribution >= 0.6 is 11.8 Å². The highest BCUT2D eigenvalue weighted by Crippen LogP contribution is 2.35. The molecule has 1 aromatic carbocycles. The van der Waals surface area contributed by atoms with Crippen LogP contribution in [0.2, 0.25) is 0 Å². The lowest BCUT2D eigenvalue weighted by Crippen LogP contribution is -2.25. The van der Waals surface area contributed by atoms with Crippen LogP contribution in [0, 0.1) is 0 Å². The van der Waals surface area contributed by atoms with E-state index in [9.17, 15) is 9.59 Å². The van der Waals surface area contributed by atoms with Crippen molar-refractivity contribution in [2.75, 3.05) is 13.7 Å². The van der Waals surface area contributed by atoms with E-state index in [1.165, 1.54) is 0 Å². The Morgan fingerprint density at radius 2 is 2.19 bits per heavy atom. The van der Waals surface area contributed by atoms with Crippen molar-refractivity contribution in [3.8, 4) is 11.5 Å². The molecule has 7 heteroatoms. The van der Waals surface area contributed by atoms with Gasteiger partial charge in [-0.2, -0.15) is 0 Å². The van der Waals surface area contributed by atoms with Crippen LogP contribution in [0.25, 0.3) is 6.08 Å². The van der Waals surface area contributed by atoms with Gasteiger partial charge in [-0.1, -0.05) is 6.08 Å². The maximum Gasteiger partial charge on any atom is 0.290 e. The van der Waals surface area contributed by atoms with Crippen molar-refractivity contribution in [3.63, 3.8) is 0 Å². The molecule has 2 fully saturated rings. The van der Waals surface area contributed by atoms with E-state index in [4.69, 9.17) is 14.2 Å². The third-order valence-corrected chi connectivity index (χ3v) is 4.91. The summed E-state index contributed by atoms with van der Waals surface area (Å²) < 4.78 is 17.2. The molecule has 0 aliphatic carbocycles. The molecule has 26 heavy (non-hydrogen) atoms. The molecular formula is C19H21NO5S. The first kappa shape index (κ1) is 18.5. The Labute approximate surface area is 156 Å². The normalized spacial score (nSPS) is 21.6. The van der Waals surface area contributed by atoms with Crippen LogP contribution < -0.4 is 14.8 Å². The quantitative estimate of drug-likeness (QED) is 0.604. The number of hydrogen-bond donors (Lipinski definition) is 1. The Morgan fingerprint density at radius 3 is 2.81 bits per heavy atom. The topological polar surface area (TPSA) is 73.9 Å². The Kier molecular flexibility index (Phi) is 6.00. The fourth-order valence-corrected chi connectivity index (χ4v) is 3.52. The van der Waals surface area contributed by atoms with Gasteiger partial charge in [-0.15, -0.1) is 6.58 Å². The van der Waals surface area contributed by atoms with Gasteiger partial charge in [0, 0.05) is 18.1 Å². The van der Waals surface area contributed by atoms with Gasteiger partial charge in [0.25, 0.3) is 11.1 Å². The Balaban J connectivity index is 1.93. The van der Waals surface area contributed by atoms with Crippen molar-refractivity contribution >= 4 is 29.0 Å². The fraction of sp³-hybridized carbons (Fsp3) is 0.368. The minimum Gasteiger partial charge on any atom is -0.496 e. The number of methoxy groups -OCH3 is 1. The third-order valence-electron chi connectivity index (χ3n) is 4.10. The molecule has 2 aliphatic rings. The molecule has 138 valence electrons. The zero-order chi connectivity index (χ0) is 18.5. The van der Waals surface area contributed by atoms with Crippen LogP contribution in [-0.4, -0.2) is 31.2 Å². The second-order valence-electron chi connectivity index (χ2n) is 5.96. The van der Waals surface area contributed by atoms with Crippen molar-refractivity contribution in [2.24, 2.45) is 0 Å². The number of benzene rings is 1. The first-order chi connectivity index (χ1) is 12.6. The summed E-state index contributed by atoms with van der Waals surface area (Å²) in [5, 5.41) is 1.87. The largest absolute Gasteiger partial charge is 0.496 e. The number of carbonyl (C=O) groups is 2. The number of ether oxygens (including phenoxy) is 3. The molecule has 0 radical (unpaired) electrons. The van der Waals surface area contributed by atoms with Crippen molar-refractivity contribution in [3.05, 3.63) is 40.8 Å². The molecule has 0 saturated carbocycles. The van der Waals surface area contributed by atoms with Crippen LogP contribution in [0.4, 0.5) is 4.79 Å². The van der Waals surface area contributed by atoms with Crippen molar-refractivity contribution in [1.82, 2.24) is 5.32 Å². The van der Waals surface area contributed by atoms with E-state index in [0.717, 1.165) is 36.6 Å². The summed E-state index contributed by atoms with van der Waals surface area (Å²) in [6, 6.07) is 3.69. The standard InChI is InChI=1S/C19H21NO5S/c1-3-6-12-9-13(10-16-18(21)20-19(22)26-16)14(23-2)11-15(12)25-17-7-4-5-8-24-17/h3,9-11,17H,1,4-8H2,2H3,(H,20,21,22)/b16-10-. The van der Waals surface area contributed by atoms with Gasteiger partial charge in [0.15, 0.2) is 6.29 Å². The molecule has 0 bridgehead atoms. The molecule has 1 aromatic rings. The molecule has 0 spiro atoms. The summed E-state index contributed by atoms with van der Waals surface area (Å²) in [7, 11) is 1.55. The van der Waals surface area contributed by atoms with Gasteiger partial charge in [-0.25, -0.2) is 0 Å². The summed E-state index contributed by atoms with van der Waals surface area (Å²) in [4.78, 5) is 23.5. The average Bonchev–Trinajstić information content (AvgIpc) is 2.95. The minimum absolute atomic E-state index is 0.269. The van der Waals surface area contributed by atoms with Crippen molar-refractivity contribution < 1.29 is 23.8 Å². The molecule has 1 atom stereocenters. The zero-order valence-corrected chi connectivity index (χ0v) is 15.4. The predicted molar refractivity (Wildman–Crippen MR) is 100 cm³/mol. The van der Waals surface area contributed by atoms with Crippen LogP contribution in [0.5, 0.6) is 11.5 Å². The lowest BCUT2D eigenvalue weighted by molar-refractivity contribution is -0.115. The third kappa shape index (κ3) is 4.28. The Hall–Kier alpha value is -2.25. The summed E-state index contributed by atoms with van der Waals surface area (Å²) in [6.45, 7) is 4.49. The molecule has 0 aromatic heterocycles. The van der Waals surface area contributed by atoms with E-state index < -0.39 is 5.91 Å². The first-order valence-corrected chi connectivity index (χ1v) is 9.27. The molecule has 3 rings (SSSR count). The van der Waals surface area contributed by atoms with Crippen LogP contribution in [0.15, 0.2) is 29.7 Å². The van der Waals surface area contributed by atoms with E-state index >= 15 is 0 Å². The Bertz CT molecular complexity index is 753. The van der Waals surface area contributed by atoms with Crippen LogP contribution in [0.1, 0.15) is 30.4 Å². The van der Waals surface area contributed by atoms with Crippen molar-refractivity contribution in [2.45, 2.75) is 32.0 Å². The number of nitrogens with one attached hydrogen (secondary N) is 1. The smallest absolute Gasteiger partial charge is 0.290 e. The van der Waals surface area contributed by atoms with Gasteiger partial charge < -0.3 is 14.2 Å². The molecule has 1 unspecified atom stereocenters. The summed E-state index contributed by atoms with van der Waals surface area (Å²) in [6.07, 6.45) is 6.73. The van der Waals surface area contributed by atoms with Gasteiger partial charge in [-0.05, 0) is 48.7 Å². The number of hydrogen-bond acceptors (Lipinski definition) is 6. The highest BCUT2D eigenvalue weighted by molar-refractivity contribution is 8.18. The van der Waals surface area contributed by atoms with E-state index in [0.29, 0.717) is 35.0 Å². The van der Waals surface area contributed by atoms with E-state index in [1.807, 2.05) is 6.07 Å². The zero-order valence-electron chi connectivity index (χ0n) is 14.6. The molecule has 2 amide bonds. The molecule has 2 saturated heterocycles. The minimum atomic E-state index is -0.400. The first-order valence-electron chi connectivity index (χ1n) is 8.45. The maximum atomic E-state index is 11.8. The number of imide groups is 1. The molecule has 2 heterocycles. The van der Waals surface area contributed by atoms with E-state index in [-0.39, 0.29) is 11.5 Å². The Morgan fingerprint density at radius 1 is 1.35 bits per heavy atom. The molecule has 2 aliphatic heterocycles. The molecule has 1 N–H and O–H groups in total. The number of thioether (sulfide) groups is 1. The molecule has 6 nitrogen and oxygen atoms in total. The van der Waals surface area contributed by atoms with Crippen molar-refractivity contribution in [1.29, 1.82) is 0 Å². The second-order valence-corrected chi connectivity index (χ2v) is 6.98. The summed E-state index contributed by atoms with van der Waals surface area (Å²) in [5.74, 6) is 0.836. The highest BCUT2D eigenvalue weighted by atomic mass is 32.2. The maximum absolute atomic E-state index is 11.8. The highest BCUT2D eigenvalue weighted by Gasteiger charge is 2.26. The molecular weight excluding hydrogens is 354 g/mol. The number of amides is 2. The van der Waals surface area contributed by atoms with Gasteiger partial charge >= 0.3 is 0 Å². The van der Waals surface area contributed by atoms with Gasteiger partial charge in [-0.3, -0.25) is 14.9 Å². The van der Waals surface area contributed by atoms with Gasteiger partial charge in [0.05, 0.1) is 18.6 Å². The van der Waals surface area contributed by atoms with Crippen LogP contribution in [0.3, 0.4) is 0 Å². The van der Waals surface area contributed by atoms with Gasteiger partial charge in [0.1, 0.15) is 11.5 Å². The SMILES string of the molecule is C=CCc1cc(/C=C2\SC(=O)NC2=O)c(OC)cc1OC1CCCCO1. The van der Waals surface area contributed by atoms with Gasteiger partial charge in [0.2, 0.25) is 0 Å². The second kappa shape index (κ2) is 8.42.